The van der Waals surface area contributed by atoms with Crippen molar-refractivity contribution in [2.24, 2.45) is 0 Å². The van der Waals surface area contributed by atoms with E-state index in [-0.39, 0.29) is 0 Å². The summed E-state index contributed by atoms with van der Waals surface area (Å²) in [5, 5.41) is 6.05. The second-order valence-electron chi connectivity index (χ2n) is 6.57. The van der Waals surface area contributed by atoms with E-state index in [4.69, 9.17) is 0 Å². The number of aryl methyl sites for hydroxylation is 1. The molecule has 3 rings (SSSR count). The van der Waals surface area contributed by atoms with Crippen molar-refractivity contribution in [3.63, 3.8) is 0 Å². The minimum Gasteiger partial charge on any atom is -0.311 e. The lowest BCUT2D eigenvalue weighted by Gasteiger charge is -2.48. The number of rotatable bonds is 4. The first-order valence-electron chi connectivity index (χ1n) is 8.24. The zero-order valence-corrected chi connectivity index (χ0v) is 13.8. The maximum absolute atomic E-state index is 3.68. The van der Waals surface area contributed by atoms with Crippen LogP contribution >= 0.6 is 11.3 Å². The van der Waals surface area contributed by atoms with Gasteiger partial charge < -0.3 is 5.32 Å². The Kier molecular flexibility index (Phi) is 4.49. The fourth-order valence-corrected chi connectivity index (χ4v) is 5.20. The summed E-state index contributed by atoms with van der Waals surface area (Å²) in [5.74, 6) is 0. The van der Waals surface area contributed by atoms with Crippen LogP contribution in [0.3, 0.4) is 0 Å². The Morgan fingerprint density at radius 3 is 2.40 bits per heavy atom. The molecule has 2 heterocycles. The fraction of sp³-hybridized carbons (Fsp3) is 0.765. The van der Waals surface area contributed by atoms with Crippen LogP contribution in [0, 0.1) is 6.92 Å². The predicted octanol–water partition coefficient (Wildman–Crippen LogP) is 4.12. The topological polar surface area (TPSA) is 15.3 Å². The second-order valence-corrected chi connectivity index (χ2v) is 7.69. The van der Waals surface area contributed by atoms with E-state index in [1.165, 1.54) is 68.5 Å². The maximum atomic E-state index is 3.68. The highest BCUT2D eigenvalue weighted by Crippen LogP contribution is 2.46. The molecule has 1 saturated heterocycles. The van der Waals surface area contributed by atoms with E-state index >= 15 is 0 Å². The van der Waals surface area contributed by atoms with Crippen molar-refractivity contribution in [2.75, 3.05) is 20.1 Å². The molecule has 2 aliphatic rings. The summed E-state index contributed by atoms with van der Waals surface area (Å²) in [6.07, 6.45) is 9.74. The van der Waals surface area contributed by atoms with Gasteiger partial charge in [0.05, 0.1) is 6.04 Å². The molecular weight excluding hydrogens is 264 g/mol. The van der Waals surface area contributed by atoms with Gasteiger partial charge in [0, 0.05) is 10.4 Å². The summed E-state index contributed by atoms with van der Waals surface area (Å²) in [5.41, 5.74) is 1.89. The van der Waals surface area contributed by atoms with E-state index in [2.05, 4.69) is 35.6 Å². The Morgan fingerprint density at radius 1 is 1.15 bits per heavy atom. The van der Waals surface area contributed by atoms with Gasteiger partial charge in [0.2, 0.25) is 0 Å². The number of likely N-dealkylation sites (N-methyl/N-ethyl adjacent to an activating group) is 1. The number of nitrogens with zero attached hydrogens (tertiary/aromatic N) is 1. The van der Waals surface area contributed by atoms with Crippen molar-refractivity contribution < 1.29 is 0 Å². The molecule has 0 spiro atoms. The minimum atomic E-state index is 0.378. The maximum Gasteiger partial charge on any atom is 0.0513 e. The molecule has 20 heavy (non-hydrogen) atoms. The lowest BCUT2D eigenvalue weighted by molar-refractivity contribution is 0.0385. The summed E-state index contributed by atoms with van der Waals surface area (Å²) in [4.78, 5) is 4.27. The molecule has 0 radical (unpaired) electrons. The molecular formula is C17H28N2S. The van der Waals surface area contributed by atoms with Crippen molar-refractivity contribution >= 4 is 11.3 Å². The van der Waals surface area contributed by atoms with E-state index in [1.807, 2.05) is 11.3 Å². The Morgan fingerprint density at radius 2 is 1.85 bits per heavy atom. The van der Waals surface area contributed by atoms with Crippen molar-refractivity contribution in [1.82, 2.24) is 10.2 Å². The van der Waals surface area contributed by atoms with Crippen molar-refractivity contribution in [3.8, 4) is 0 Å². The molecule has 112 valence electrons. The second kappa shape index (κ2) is 6.17. The fourth-order valence-electron chi connectivity index (χ4n) is 4.47. The molecule has 1 aromatic rings. The molecule has 1 aromatic heterocycles. The molecule has 1 atom stereocenters. The van der Waals surface area contributed by atoms with E-state index in [9.17, 15) is 0 Å². The predicted molar refractivity (Wildman–Crippen MR) is 87.5 cm³/mol. The van der Waals surface area contributed by atoms with Crippen LogP contribution < -0.4 is 5.32 Å². The van der Waals surface area contributed by atoms with Crippen LogP contribution in [-0.4, -0.2) is 30.6 Å². The van der Waals surface area contributed by atoms with Crippen molar-refractivity contribution in [1.29, 1.82) is 0 Å². The Hall–Kier alpha value is -0.380. The molecule has 0 aromatic carbocycles. The zero-order valence-electron chi connectivity index (χ0n) is 13.0. The third-order valence-electron chi connectivity index (χ3n) is 5.37. The minimum absolute atomic E-state index is 0.378. The Balaban J connectivity index is 1.91. The number of hydrogen-bond acceptors (Lipinski definition) is 3. The first-order valence-corrected chi connectivity index (χ1v) is 9.11. The highest BCUT2D eigenvalue weighted by atomic mass is 32.1. The summed E-state index contributed by atoms with van der Waals surface area (Å²) >= 11 is 1.89. The number of piperidine rings is 1. The summed E-state index contributed by atoms with van der Waals surface area (Å²) in [6, 6.07) is 2.91. The molecule has 2 fully saturated rings. The quantitative estimate of drug-likeness (QED) is 0.898. The van der Waals surface area contributed by atoms with Crippen LogP contribution in [0.15, 0.2) is 11.4 Å². The summed E-state index contributed by atoms with van der Waals surface area (Å²) in [7, 11) is 2.15. The van der Waals surface area contributed by atoms with E-state index in [0.29, 0.717) is 11.6 Å². The molecule has 1 N–H and O–H groups in total. The Labute approximate surface area is 127 Å². The lowest BCUT2D eigenvalue weighted by Crippen LogP contribution is -2.56. The first kappa shape index (κ1) is 14.6. The highest BCUT2D eigenvalue weighted by Gasteiger charge is 2.46. The third-order valence-corrected chi connectivity index (χ3v) is 6.25. The van der Waals surface area contributed by atoms with Gasteiger partial charge in [0.1, 0.15) is 0 Å². The summed E-state index contributed by atoms with van der Waals surface area (Å²) in [6.45, 7) is 4.84. The first-order chi connectivity index (χ1) is 9.76. The average molecular weight is 292 g/mol. The zero-order chi connectivity index (χ0) is 14.0. The number of nitrogens with one attached hydrogen (secondary N) is 1. The van der Waals surface area contributed by atoms with E-state index in [0.717, 1.165) is 0 Å². The van der Waals surface area contributed by atoms with Crippen molar-refractivity contribution in [2.45, 2.75) is 63.5 Å². The van der Waals surface area contributed by atoms with Gasteiger partial charge in [-0.05, 0) is 69.8 Å². The molecule has 1 unspecified atom stereocenters. The molecule has 1 aliphatic heterocycles. The van der Waals surface area contributed by atoms with Gasteiger partial charge in [-0.3, -0.25) is 4.90 Å². The van der Waals surface area contributed by atoms with Gasteiger partial charge in [-0.2, -0.15) is 0 Å². The van der Waals surface area contributed by atoms with Gasteiger partial charge in [0.15, 0.2) is 0 Å². The van der Waals surface area contributed by atoms with Crippen LogP contribution in [0.4, 0.5) is 0 Å². The molecule has 0 amide bonds. The summed E-state index contributed by atoms with van der Waals surface area (Å²) < 4.78 is 0. The molecule has 3 heteroatoms. The number of thiophene rings is 1. The molecule has 0 bridgehead atoms. The average Bonchev–Trinajstić information content (AvgIpc) is 3.12. The lowest BCUT2D eigenvalue weighted by atomic mass is 9.81. The van der Waals surface area contributed by atoms with E-state index in [1.54, 1.807) is 0 Å². The van der Waals surface area contributed by atoms with Gasteiger partial charge in [0.25, 0.3) is 0 Å². The van der Waals surface area contributed by atoms with Gasteiger partial charge in [-0.25, -0.2) is 0 Å². The van der Waals surface area contributed by atoms with Crippen molar-refractivity contribution in [3.05, 3.63) is 21.9 Å². The van der Waals surface area contributed by atoms with Gasteiger partial charge in [-0.15, -0.1) is 11.3 Å². The largest absolute Gasteiger partial charge is 0.311 e. The van der Waals surface area contributed by atoms with Gasteiger partial charge in [-0.1, -0.05) is 19.3 Å². The van der Waals surface area contributed by atoms with Crippen LogP contribution in [0.5, 0.6) is 0 Å². The Bertz CT molecular complexity index is 428. The van der Waals surface area contributed by atoms with E-state index < -0.39 is 0 Å². The molecule has 2 nitrogen and oxygen atoms in total. The smallest absolute Gasteiger partial charge is 0.0513 e. The number of likely N-dealkylation sites (tertiary alicyclic amines) is 1. The van der Waals surface area contributed by atoms with Crippen LogP contribution in [0.2, 0.25) is 0 Å². The van der Waals surface area contributed by atoms with Crippen LogP contribution in [-0.2, 0) is 0 Å². The SMILES string of the molecule is CNC(c1csc(C)c1)C1(N2CCCCC2)CCCC1. The number of hydrogen-bond donors (Lipinski definition) is 1. The molecule has 1 aliphatic carbocycles. The monoisotopic (exact) mass is 292 g/mol. The van der Waals surface area contributed by atoms with Crippen LogP contribution in [0.1, 0.15) is 61.4 Å². The normalized spacial score (nSPS) is 24.9. The van der Waals surface area contributed by atoms with Crippen LogP contribution in [0.25, 0.3) is 0 Å². The third kappa shape index (κ3) is 2.56. The van der Waals surface area contributed by atoms with Gasteiger partial charge >= 0.3 is 0 Å². The molecule has 1 saturated carbocycles. The highest BCUT2D eigenvalue weighted by molar-refractivity contribution is 7.10. The standard InChI is InChI=1S/C17H28N2S/c1-14-12-15(13-20-14)16(18-2)17(8-4-5-9-17)19-10-6-3-7-11-19/h12-13,16,18H,3-11H2,1-2H3.